The Morgan fingerprint density at radius 1 is 0.952 bits per heavy atom. The van der Waals surface area contributed by atoms with Gasteiger partial charge in [-0.3, -0.25) is 0 Å². The van der Waals surface area contributed by atoms with E-state index in [0.29, 0.717) is 13.2 Å². The molecule has 21 heavy (non-hydrogen) atoms. The van der Waals surface area contributed by atoms with Crippen LogP contribution in [-0.4, -0.2) is 19.8 Å². The Morgan fingerprint density at radius 2 is 1.67 bits per heavy atom. The van der Waals surface area contributed by atoms with E-state index in [-0.39, 0.29) is 0 Å². The first-order valence-corrected chi connectivity index (χ1v) is 8.32. The summed E-state index contributed by atoms with van der Waals surface area (Å²) in [5.41, 5.74) is 1.10. The number of benzene rings is 1. The fraction of sp³-hybridized carbons (Fsp3) is 0.667. The molecule has 1 aliphatic rings. The molecule has 1 aromatic carbocycles. The molecule has 1 aliphatic heterocycles. The molecule has 0 aromatic heterocycles. The highest BCUT2D eigenvalue weighted by atomic mass is 16.7. The summed E-state index contributed by atoms with van der Waals surface area (Å²) >= 11 is 0. The lowest BCUT2D eigenvalue weighted by molar-refractivity contribution is -0.170. The molecule has 0 spiro atoms. The van der Waals surface area contributed by atoms with E-state index in [1.165, 1.54) is 19.3 Å². The van der Waals surface area contributed by atoms with E-state index in [2.05, 4.69) is 26.0 Å². The Morgan fingerprint density at radius 3 is 2.29 bits per heavy atom. The van der Waals surface area contributed by atoms with Gasteiger partial charge in [0.15, 0.2) is 5.79 Å². The predicted molar refractivity (Wildman–Crippen MR) is 84.6 cm³/mol. The number of hydrogen-bond donors (Lipinski definition) is 0. The Balaban J connectivity index is 1.88. The zero-order valence-electron chi connectivity index (χ0n) is 13.4. The van der Waals surface area contributed by atoms with Gasteiger partial charge in [-0.1, -0.05) is 39.5 Å². The molecule has 0 amide bonds. The largest absolute Gasteiger partial charge is 0.494 e. The van der Waals surface area contributed by atoms with Crippen LogP contribution in [0.3, 0.4) is 0 Å². The van der Waals surface area contributed by atoms with Gasteiger partial charge in [-0.15, -0.1) is 0 Å². The van der Waals surface area contributed by atoms with E-state index in [0.717, 1.165) is 37.2 Å². The van der Waals surface area contributed by atoms with Crippen LogP contribution in [0, 0.1) is 0 Å². The van der Waals surface area contributed by atoms with Crippen molar-refractivity contribution in [3.8, 4) is 5.75 Å². The second-order valence-electron chi connectivity index (χ2n) is 5.63. The van der Waals surface area contributed by atoms with Gasteiger partial charge in [0.2, 0.25) is 0 Å². The van der Waals surface area contributed by atoms with Crippen LogP contribution in [0.25, 0.3) is 0 Å². The first-order valence-electron chi connectivity index (χ1n) is 8.32. The summed E-state index contributed by atoms with van der Waals surface area (Å²) in [6.45, 7) is 6.53. The molecule has 0 radical (unpaired) electrons. The SMILES string of the molecule is CCCCCCOc1ccc(C2(CCC)OCCO2)cc1. The minimum Gasteiger partial charge on any atom is -0.494 e. The van der Waals surface area contributed by atoms with E-state index < -0.39 is 5.79 Å². The van der Waals surface area contributed by atoms with Crippen LogP contribution in [0.15, 0.2) is 24.3 Å². The maximum Gasteiger partial charge on any atom is 0.194 e. The van der Waals surface area contributed by atoms with Crippen molar-refractivity contribution in [2.24, 2.45) is 0 Å². The van der Waals surface area contributed by atoms with Crippen molar-refractivity contribution >= 4 is 0 Å². The standard InChI is InChI=1S/C18H28O3/c1-3-5-6-7-13-19-17-10-8-16(9-11-17)18(12-4-2)20-14-15-21-18/h8-11H,3-7,12-15H2,1-2H3. The molecule has 0 unspecified atom stereocenters. The van der Waals surface area contributed by atoms with Gasteiger partial charge in [0.1, 0.15) is 5.75 Å². The van der Waals surface area contributed by atoms with Gasteiger partial charge in [-0.25, -0.2) is 0 Å². The van der Waals surface area contributed by atoms with Crippen molar-refractivity contribution in [2.45, 2.75) is 58.2 Å². The molecule has 3 heteroatoms. The molecule has 2 rings (SSSR count). The first kappa shape index (κ1) is 16.3. The maximum atomic E-state index is 5.87. The van der Waals surface area contributed by atoms with Gasteiger partial charge >= 0.3 is 0 Å². The summed E-state index contributed by atoms with van der Waals surface area (Å²) < 4.78 is 17.5. The molecule has 0 aliphatic carbocycles. The molecule has 3 nitrogen and oxygen atoms in total. The second kappa shape index (κ2) is 8.40. The van der Waals surface area contributed by atoms with Crippen LogP contribution in [0.1, 0.15) is 57.9 Å². The fourth-order valence-corrected chi connectivity index (χ4v) is 2.76. The third-order valence-corrected chi connectivity index (χ3v) is 3.89. The molecule has 1 fully saturated rings. The highest BCUT2D eigenvalue weighted by molar-refractivity contribution is 5.30. The third kappa shape index (κ3) is 4.45. The minimum atomic E-state index is -0.533. The van der Waals surface area contributed by atoms with Crippen LogP contribution in [0.4, 0.5) is 0 Å². The first-order chi connectivity index (χ1) is 10.3. The number of ether oxygens (including phenoxy) is 3. The summed E-state index contributed by atoms with van der Waals surface area (Å²) in [4.78, 5) is 0. The van der Waals surface area contributed by atoms with E-state index in [9.17, 15) is 0 Å². The van der Waals surface area contributed by atoms with Crippen LogP contribution in [0.5, 0.6) is 5.75 Å². The average molecular weight is 292 g/mol. The van der Waals surface area contributed by atoms with E-state index >= 15 is 0 Å². The smallest absolute Gasteiger partial charge is 0.194 e. The molecule has 0 bridgehead atoms. The fourth-order valence-electron chi connectivity index (χ4n) is 2.76. The second-order valence-corrected chi connectivity index (χ2v) is 5.63. The summed E-state index contributed by atoms with van der Waals surface area (Å²) in [6, 6.07) is 8.19. The Hall–Kier alpha value is -1.06. The lowest BCUT2D eigenvalue weighted by atomic mass is 10.0. The van der Waals surface area contributed by atoms with Gasteiger partial charge in [0.25, 0.3) is 0 Å². The van der Waals surface area contributed by atoms with Crippen molar-refractivity contribution in [1.29, 1.82) is 0 Å². The summed E-state index contributed by atoms with van der Waals surface area (Å²) in [7, 11) is 0. The third-order valence-electron chi connectivity index (χ3n) is 3.89. The molecule has 1 heterocycles. The van der Waals surface area contributed by atoms with Crippen LogP contribution >= 0.6 is 0 Å². The molecule has 1 aromatic rings. The zero-order valence-corrected chi connectivity index (χ0v) is 13.4. The topological polar surface area (TPSA) is 27.7 Å². The zero-order chi connectivity index (χ0) is 15.0. The summed E-state index contributed by atoms with van der Waals surface area (Å²) in [6.07, 6.45) is 6.85. The summed E-state index contributed by atoms with van der Waals surface area (Å²) in [5, 5.41) is 0. The Labute approximate surface area is 128 Å². The molecular weight excluding hydrogens is 264 g/mol. The number of hydrogen-bond acceptors (Lipinski definition) is 3. The average Bonchev–Trinajstić information content (AvgIpc) is 2.98. The lowest BCUT2D eigenvalue weighted by Gasteiger charge is -2.27. The molecule has 1 saturated heterocycles. The van der Waals surface area contributed by atoms with Crippen molar-refractivity contribution in [1.82, 2.24) is 0 Å². The van der Waals surface area contributed by atoms with Crippen LogP contribution in [0.2, 0.25) is 0 Å². The normalized spacial score (nSPS) is 17.0. The predicted octanol–water partition coefficient (Wildman–Crippen LogP) is 4.65. The molecule has 0 N–H and O–H groups in total. The van der Waals surface area contributed by atoms with Crippen molar-refractivity contribution < 1.29 is 14.2 Å². The minimum absolute atomic E-state index is 0.533. The lowest BCUT2D eigenvalue weighted by Crippen LogP contribution is -2.26. The van der Waals surface area contributed by atoms with Gasteiger partial charge in [-0.05, 0) is 30.7 Å². The van der Waals surface area contributed by atoms with Crippen LogP contribution in [-0.2, 0) is 15.3 Å². The van der Waals surface area contributed by atoms with Crippen LogP contribution < -0.4 is 4.74 Å². The number of unbranched alkanes of at least 4 members (excludes halogenated alkanes) is 3. The Kier molecular flexibility index (Phi) is 6.52. The van der Waals surface area contributed by atoms with Crippen molar-refractivity contribution in [2.75, 3.05) is 19.8 Å². The van der Waals surface area contributed by atoms with Crippen molar-refractivity contribution in [3.63, 3.8) is 0 Å². The summed E-state index contributed by atoms with van der Waals surface area (Å²) in [5.74, 6) is 0.397. The van der Waals surface area contributed by atoms with Gasteiger partial charge in [0.05, 0.1) is 19.8 Å². The highest BCUT2D eigenvalue weighted by Gasteiger charge is 2.37. The molecule has 0 atom stereocenters. The van der Waals surface area contributed by atoms with Gasteiger partial charge < -0.3 is 14.2 Å². The monoisotopic (exact) mass is 292 g/mol. The van der Waals surface area contributed by atoms with Crippen molar-refractivity contribution in [3.05, 3.63) is 29.8 Å². The van der Waals surface area contributed by atoms with E-state index in [1.807, 2.05) is 12.1 Å². The quantitative estimate of drug-likeness (QED) is 0.620. The van der Waals surface area contributed by atoms with Gasteiger partial charge in [-0.2, -0.15) is 0 Å². The Bertz CT molecular complexity index is 393. The van der Waals surface area contributed by atoms with E-state index in [1.54, 1.807) is 0 Å². The number of rotatable bonds is 9. The van der Waals surface area contributed by atoms with E-state index in [4.69, 9.17) is 14.2 Å². The molecule has 118 valence electrons. The molecular formula is C18H28O3. The van der Waals surface area contributed by atoms with Gasteiger partial charge in [0, 0.05) is 12.0 Å². The highest BCUT2D eigenvalue weighted by Crippen LogP contribution is 2.36. The maximum absolute atomic E-state index is 5.87. The molecule has 0 saturated carbocycles.